The van der Waals surface area contributed by atoms with Crippen molar-refractivity contribution in [2.75, 3.05) is 19.6 Å². The molecule has 1 saturated heterocycles. The third kappa shape index (κ3) is 3.18. The lowest BCUT2D eigenvalue weighted by Crippen LogP contribution is -2.33. The minimum atomic E-state index is 0.667. The summed E-state index contributed by atoms with van der Waals surface area (Å²) in [6.45, 7) is 6.73. The van der Waals surface area contributed by atoms with Crippen LogP contribution in [0.1, 0.15) is 18.2 Å². The molecule has 1 aliphatic rings. The van der Waals surface area contributed by atoms with Crippen LogP contribution in [0, 0.1) is 0 Å². The second-order valence-corrected chi connectivity index (χ2v) is 5.86. The molecule has 1 aromatic rings. The van der Waals surface area contributed by atoms with E-state index in [2.05, 4.69) is 23.2 Å². The summed E-state index contributed by atoms with van der Waals surface area (Å²) in [7, 11) is 0. The van der Waals surface area contributed by atoms with Crippen LogP contribution < -0.4 is 5.32 Å². The maximum absolute atomic E-state index is 5.93. The van der Waals surface area contributed by atoms with Crippen LogP contribution in [0.25, 0.3) is 0 Å². The Morgan fingerprint density at radius 2 is 2.40 bits per heavy atom. The third-order valence-electron chi connectivity index (χ3n) is 2.93. The molecule has 4 heteroatoms. The van der Waals surface area contributed by atoms with Gasteiger partial charge in [0.15, 0.2) is 0 Å². The fourth-order valence-electron chi connectivity index (χ4n) is 1.93. The van der Waals surface area contributed by atoms with E-state index in [-0.39, 0.29) is 0 Å². The molecule has 0 radical (unpaired) electrons. The highest BCUT2D eigenvalue weighted by atomic mass is 35.5. The van der Waals surface area contributed by atoms with Crippen molar-refractivity contribution in [1.29, 1.82) is 0 Å². The van der Waals surface area contributed by atoms with Gasteiger partial charge in [0, 0.05) is 30.6 Å². The summed E-state index contributed by atoms with van der Waals surface area (Å²) < 4.78 is 0.894. The zero-order valence-electron chi connectivity index (χ0n) is 9.00. The summed E-state index contributed by atoms with van der Waals surface area (Å²) in [5, 5.41) is 3.43. The first kappa shape index (κ1) is 11.4. The topological polar surface area (TPSA) is 15.3 Å². The molecule has 84 valence electrons. The number of nitrogens with zero attached hydrogens (tertiary/aromatic N) is 1. The minimum absolute atomic E-state index is 0.667. The standard InChI is InChI=1S/C11H17ClN2S/c1-9-4-5-13-6-7-14(9)8-10-2-3-11(12)15-10/h2-3,9,13H,4-8H2,1H3. The van der Waals surface area contributed by atoms with Gasteiger partial charge in [0.05, 0.1) is 4.34 Å². The van der Waals surface area contributed by atoms with E-state index in [0.29, 0.717) is 6.04 Å². The van der Waals surface area contributed by atoms with Gasteiger partial charge in [-0.25, -0.2) is 0 Å². The molecule has 15 heavy (non-hydrogen) atoms. The number of thiophene rings is 1. The summed E-state index contributed by atoms with van der Waals surface area (Å²) in [5.41, 5.74) is 0. The maximum atomic E-state index is 5.93. The van der Waals surface area contributed by atoms with Crippen LogP contribution in [0.4, 0.5) is 0 Å². The Balaban J connectivity index is 1.97. The summed E-state index contributed by atoms with van der Waals surface area (Å²) in [4.78, 5) is 3.90. The van der Waals surface area contributed by atoms with Gasteiger partial charge in [-0.05, 0) is 32.0 Å². The average molecular weight is 245 g/mol. The molecule has 1 fully saturated rings. The number of rotatable bonds is 2. The van der Waals surface area contributed by atoms with Gasteiger partial charge in [0.2, 0.25) is 0 Å². The van der Waals surface area contributed by atoms with Crippen molar-refractivity contribution in [2.24, 2.45) is 0 Å². The van der Waals surface area contributed by atoms with Crippen molar-refractivity contribution in [3.63, 3.8) is 0 Å². The lowest BCUT2D eigenvalue weighted by atomic mass is 10.2. The highest BCUT2D eigenvalue weighted by Crippen LogP contribution is 2.23. The molecule has 0 saturated carbocycles. The predicted molar refractivity (Wildman–Crippen MR) is 66.7 cm³/mol. The molecule has 1 atom stereocenters. The molecule has 1 aliphatic heterocycles. The molecule has 2 rings (SSSR count). The zero-order valence-corrected chi connectivity index (χ0v) is 10.6. The Bertz CT molecular complexity index is 313. The maximum Gasteiger partial charge on any atom is 0.0931 e. The number of hydrogen-bond donors (Lipinski definition) is 1. The van der Waals surface area contributed by atoms with Crippen LogP contribution in [0.15, 0.2) is 12.1 Å². The summed E-state index contributed by atoms with van der Waals surface area (Å²) in [6.07, 6.45) is 1.24. The van der Waals surface area contributed by atoms with Gasteiger partial charge in [-0.3, -0.25) is 4.90 Å². The van der Waals surface area contributed by atoms with E-state index in [9.17, 15) is 0 Å². The first-order valence-electron chi connectivity index (χ1n) is 5.44. The fourth-order valence-corrected chi connectivity index (χ4v) is 3.05. The molecular formula is C11H17ClN2S. The quantitative estimate of drug-likeness (QED) is 0.861. The van der Waals surface area contributed by atoms with Crippen molar-refractivity contribution in [3.8, 4) is 0 Å². The predicted octanol–water partition coefficient (Wildman–Crippen LogP) is 2.59. The molecule has 2 heterocycles. The summed E-state index contributed by atoms with van der Waals surface area (Å²) in [5.74, 6) is 0. The SMILES string of the molecule is CC1CCNCCN1Cc1ccc(Cl)s1. The first-order chi connectivity index (χ1) is 7.25. The van der Waals surface area contributed by atoms with E-state index in [1.807, 2.05) is 6.07 Å². The largest absolute Gasteiger partial charge is 0.315 e. The van der Waals surface area contributed by atoms with Gasteiger partial charge >= 0.3 is 0 Å². The average Bonchev–Trinajstić information content (AvgIpc) is 2.50. The Morgan fingerprint density at radius 1 is 1.53 bits per heavy atom. The van der Waals surface area contributed by atoms with E-state index in [0.717, 1.165) is 30.5 Å². The smallest absolute Gasteiger partial charge is 0.0931 e. The van der Waals surface area contributed by atoms with Crippen LogP contribution in [0.5, 0.6) is 0 Å². The molecule has 2 nitrogen and oxygen atoms in total. The molecule has 1 N–H and O–H groups in total. The molecular weight excluding hydrogens is 228 g/mol. The Labute approximate surface area is 100 Å². The van der Waals surface area contributed by atoms with Crippen molar-refractivity contribution in [3.05, 3.63) is 21.3 Å². The van der Waals surface area contributed by atoms with Crippen LogP contribution in [-0.2, 0) is 6.54 Å². The van der Waals surface area contributed by atoms with E-state index in [1.54, 1.807) is 11.3 Å². The second kappa shape index (κ2) is 5.30. The van der Waals surface area contributed by atoms with Crippen molar-refractivity contribution >= 4 is 22.9 Å². The van der Waals surface area contributed by atoms with E-state index >= 15 is 0 Å². The van der Waals surface area contributed by atoms with Gasteiger partial charge in [-0.15, -0.1) is 11.3 Å². The van der Waals surface area contributed by atoms with Gasteiger partial charge in [0.1, 0.15) is 0 Å². The summed E-state index contributed by atoms with van der Waals surface area (Å²) in [6, 6.07) is 4.79. The first-order valence-corrected chi connectivity index (χ1v) is 6.64. The van der Waals surface area contributed by atoms with E-state index < -0.39 is 0 Å². The third-order valence-corrected chi connectivity index (χ3v) is 4.14. The van der Waals surface area contributed by atoms with Crippen LogP contribution in [-0.4, -0.2) is 30.6 Å². The second-order valence-electron chi connectivity index (χ2n) is 4.06. The molecule has 0 aromatic carbocycles. The Kier molecular flexibility index (Phi) is 4.03. The van der Waals surface area contributed by atoms with Crippen LogP contribution >= 0.6 is 22.9 Å². The Morgan fingerprint density at radius 3 is 3.13 bits per heavy atom. The number of halogens is 1. The van der Waals surface area contributed by atoms with Crippen LogP contribution in [0.2, 0.25) is 4.34 Å². The molecule has 0 spiro atoms. The van der Waals surface area contributed by atoms with Gasteiger partial charge in [0.25, 0.3) is 0 Å². The molecule has 0 aliphatic carbocycles. The lowest BCUT2D eigenvalue weighted by molar-refractivity contribution is 0.213. The molecule has 1 unspecified atom stereocenters. The molecule has 1 aromatic heterocycles. The van der Waals surface area contributed by atoms with Crippen molar-refractivity contribution in [1.82, 2.24) is 10.2 Å². The van der Waals surface area contributed by atoms with Crippen molar-refractivity contribution < 1.29 is 0 Å². The fraction of sp³-hybridized carbons (Fsp3) is 0.636. The minimum Gasteiger partial charge on any atom is -0.315 e. The van der Waals surface area contributed by atoms with E-state index in [1.165, 1.54) is 11.3 Å². The highest BCUT2D eigenvalue weighted by Gasteiger charge is 2.16. The van der Waals surface area contributed by atoms with Gasteiger partial charge < -0.3 is 5.32 Å². The molecule has 0 bridgehead atoms. The Hall–Kier alpha value is -0.0900. The monoisotopic (exact) mass is 244 g/mol. The van der Waals surface area contributed by atoms with Crippen molar-refractivity contribution in [2.45, 2.75) is 25.9 Å². The van der Waals surface area contributed by atoms with Gasteiger partial charge in [-0.1, -0.05) is 11.6 Å². The van der Waals surface area contributed by atoms with Crippen LogP contribution in [0.3, 0.4) is 0 Å². The van der Waals surface area contributed by atoms with E-state index in [4.69, 9.17) is 11.6 Å². The summed E-state index contributed by atoms with van der Waals surface area (Å²) >= 11 is 7.63. The number of hydrogen-bond acceptors (Lipinski definition) is 3. The lowest BCUT2D eigenvalue weighted by Gasteiger charge is -2.25. The highest BCUT2D eigenvalue weighted by molar-refractivity contribution is 7.16. The van der Waals surface area contributed by atoms with Gasteiger partial charge in [-0.2, -0.15) is 0 Å². The normalized spacial score (nSPS) is 24.0. The zero-order chi connectivity index (χ0) is 10.7. The number of nitrogens with one attached hydrogen (secondary N) is 1. The molecule has 0 amide bonds.